The van der Waals surface area contributed by atoms with Crippen molar-refractivity contribution >= 4 is 35.0 Å². The van der Waals surface area contributed by atoms with Crippen LogP contribution in [0.2, 0.25) is 5.02 Å². The molecule has 4 aromatic rings. The molecule has 4 rings (SSSR count). The van der Waals surface area contributed by atoms with Crippen molar-refractivity contribution in [1.82, 2.24) is 14.8 Å². The number of alkyl halides is 6. The van der Waals surface area contributed by atoms with Gasteiger partial charge in [-0.2, -0.15) is 26.3 Å². The lowest BCUT2D eigenvalue weighted by molar-refractivity contribution is -0.143. The van der Waals surface area contributed by atoms with Crippen LogP contribution in [0.15, 0.2) is 78.0 Å². The number of carbonyl (C=O) groups excluding carboxylic acids is 1. The van der Waals surface area contributed by atoms with Gasteiger partial charge in [0.25, 0.3) is 0 Å². The van der Waals surface area contributed by atoms with Gasteiger partial charge in [0, 0.05) is 22.0 Å². The van der Waals surface area contributed by atoms with E-state index in [4.69, 9.17) is 11.6 Å². The number of nitrogens with zero attached hydrogens (tertiary/aromatic N) is 3. The molecule has 0 saturated heterocycles. The smallest absolute Gasteiger partial charge is 0.325 e. The Labute approximate surface area is 215 Å². The van der Waals surface area contributed by atoms with E-state index in [-0.39, 0.29) is 17.0 Å². The Bertz CT molecular complexity index is 1370. The van der Waals surface area contributed by atoms with E-state index in [0.29, 0.717) is 28.7 Å². The van der Waals surface area contributed by atoms with Crippen molar-refractivity contribution in [1.29, 1.82) is 0 Å². The number of hydrogen-bond donors (Lipinski definition) is 1. The highest BCUT2D eigenvalue weighted by Crippen LogP contribution is 2.37. The Hall–Kier alpha value is -3.51. The maximum absolute atomic E-state index is 13.1. The molecule has 37 heavy (non-hydrogen) atoms. The second kappa shape index (κ2) is 10.5. The number of hydrogen-bond acceptors (Lipinski definition) is 4. The first kappa shape index (κ1) is 26.6. The molecule has 0 bridgehead atoms. The third kappa shape index (κ3) is 6.44. The van der Waals surface area contributed by atoms with Gasteiger partial charge in [0.15, 0.2) is 11.0 Å². The maximum atomic E-state index is 13.1. The van der Waals surface area contributed by atoms with Crippen molar-refractivity contribution in [2.45, 2.75) is 17.5 Å². The van der Waals surface area contributed by atoms with E-state index < -0.39 is 35.1 Å². The summed E-state index contributed by atoms with van der Waals surface area (Å²) < 4.78 is 80.3. The van der Waals surface area contributed by atoms with E-state index in [9.17, 15) is 31.1 Å². The second-order valence-electron chi connectivity index (χ2n) is 7.62. The number of halogens is 7. The van der Waals surface area contributed by atoms with Crippen LogP contribution in [0, 0.1) is 0 Å². The molecule has 0 radical (unpaired) electrons. The van der Waals surface area contributed by atoms with Gasteiger partial charge in [-0.1, -0.05) is 53.7 Å². The van der Waals surface area contributed by atoms with Gasteiger partial charge in [-0.15, -0.1) is 10.2 Å². The van der Waals surface area contributed by atoms with Crippen LogP contribution in [0.4, 0.5) is 32.0 Å². The molecule has 3 aromatic carbocycles. The maximum Gasteiger partial charge on any atom is 0.416 e. The summed E-state index contributed by atoms with van der Waals surface area (Å²) in [5.74, 6) is -0.735. The normalized spacial score (nSPS) is 12.0. The Balaban J connectivity index is 1.59. The van der Waals surface area contributed by atoms with E-state index in [1.165, 1.54) is 0 Å². The topological polar surface area (TPSA) is 59.8 Å². The van der Waals surface area contributed by atoms with Gasteiger partial charge in [0.05, 0.1) is 16.9 Å². The number of carbonyl (C=O) groups is 1. The summed E-state index contributed by atoms with van der Waals surface area (Å²) in [4.78, 5) is 12.5. The first-order valence-electron chi connectivity index (χ1n) is 10.4. The molecule has 0 atom stereocenters. The minimum Gasteiger partial charge on any atom is -0.325 e. The van der Waals surface area contributed by atoms with Gasteiger partial charge in [-0.05, 0) is 42.5 Å². The highest BCUT2D eigenvalue weighted by Gasteiger charge is 2.37. The summed E-state index contributed by atoms with van der Waals surface area (Å²) in [5, 5.41) is 11.2. The van der Waals surface area contributed by atoms with Crippen LogP contribution in [-0.2, 0) is 17.1 Å². The van der Waals surface area contributed by atoms with Crippen molar-refractivity contribution in [2.75, 3.05) is 11.1 Å². The van der Waals surface area contributed by atoms with Gasteiger partial charge >= 0.3 is 12.4 Å². The molecular weight excluding hydrogens is 542 g/mol. The van der Waals surface area contributed by atoms with Crippen LogP contribution >= 0.6 is 23.4 Å². The average molecular weight is 557 g/mol. The molecule has 1 aromatic heterocycles. The molecule has 5 nitrogen and oxygen atoms in total. The van der Waals surface area contributed by atoms with E-state index >= 15 is 0 Å². The van der Waals surface area contributed by atoms with Crippen LogP contribution in [0.25, 0.3) is 17.1 Å². The Kier molecular flexibility index (Phi) is 7.51. The predicted molar refractivity (Wildman–Crippen MR) is 128 cm³/mol. The van der Waals surface area contributed by atoms with Crippen molar-refractivity contribution in [3.05, 3.63) is 88.9 Å². The Morgan fingerprint density at radius 1 is 0.865 bits per heavy atom. The monoisotopic (exact) mass is 556 g/mol. The number of aromatic nitrogens is 3. The van der Waals surface area contributed by atoms with Gasteiger partial charge < -0.3 is 5.32 Å². The third-order valence-corrected chi connectivity index (χ3v) is 6.13. The molecule has 192 valence electrons. The molecule has 0 spiro atoms. The fraction of sp³-hybridized carbons (Fsp3) is 0.125. The summed E-state index contributed by atoms with van der Waals surface area (Å²) in [6, 6.07) is 16.7. The van der Waals surface area contributed by atoms with Crippen LogP contribution in [0.3, 0.4) is 0 Å². The Morgan fingerprint density at radius 3 is 2.03 bits per heavy atom. The number of amides is 1. The van der Waals surface area contributed by atoms with Gasteiger partial charge in [-0.25, -0.2) is 0 Å². The average Bonchev–Trinajstić information content (AvgIpc) is 3.26. The van der Waals surface area contributed by atoms with Crippen LogP contribution in [0.1, 0.15) is 11.1 Å². The molecule has 0 saturated carbocycles. The summed E-state index contributed by atoms with van der Waals surface area (Å²) in [6.45, 7) is 0. The molecule has 0 aliphatic rings. The molecule has 0 fully saturated rings. The lowest BCUT2D eigenvalue weighted by atomic mass is 10.1. The zero-order valence-electron chi connectivity index (χ0n) is 18.4. The molecule has 0 unspecified atom stereocenters. The standard InChI is InChI=1S/C24H15ClF6N4OS/c25-17-6-8-19(9-7-17)35-21(14-4-2-1-3-5-14)33-34-22(35)37-13-20(36)32-18-11-15(23(26,27)28)10-16(12-18)24(29,30)31/h1-12H,13H2,(H,32,36). The first-order chi connectivity index (χ1) is 17.4. The minimum atomic E-state index is -5.03. The second-order valence-corrected chi connectivity index (χ2v) is 8.99. The van der Waals surface area contributed by atoms with Crippen molar-refractivity contribution < 1.29 is 31.1 Å². The van der Waals surface area contributed by atoms with Gasteiger partial charge in [0.2, 0.25) is 5.91 Å². The van der Waals surface area contributed by atoms with E-state index in [0.717, 1.165) is 17.3 Å². The minimum absolute atomic E-state index is 0.00981. The first-order valence-corrected chi connectivity index (χ1v) is 11.8. The molecule has 1 heterocycles. The van der Waals surface area contributed by atoms with E-state index in [2.05, 4.69) is 15.5 Å². The largest absolute Gasteiger partial charge is 0.416 e. The number of thioether (sulfide) groups is 1. The van der Waals surface area contributed by atoms with Crippen LogP contribution in [0.5, 0.6) is 0 Å². The van der Waals surface area contributed by atoms with Crippen LogP contribution < -0.4 is 5.32 Å². The zero-order valence-corrected chi connectivity index (χ0v) is 20.0. The molecule has 1 N–H and O–H groups in total. The molecule has 0 aliphatic heterocycles. The quantitative estimate of drug-likeness (QED) is 0.199. The van der Waals surface area contributed by atoms with Crippen molar-refractivity contribution in [2.24, 2.45) is 0 Å². The number of nitrogens with one attached hydrogen (secondary N) is 1. The highest BCUT2D eigenvalue weighted by molar-refractivity contribution is 7.99. The summed E-state index contributed by atoms with van der Waals surface area (Å²) in [5.41, 5.74) is -2.33. The zero-order chi connectivity index (χ0) is 26.8. The molecular formula is C24H15ClF6N4OS. The fourth-order valence-electron chi connectivity index (χ4n) is 3.31. The predicted octanol–water partition coefficient (Wildman–Crippen LogP) is 7.36. The summed E-state index contributed by atoms with van der Waals surface area (Å²) >= 11 is 6.90. The highest BCUT2D eigenvalue weighted by atomic mass is 35.5. The van der Waals surface area contributed by atoms with Crippen molar-refractivity contribution in [3.8, 4) is 17.1 Å². The SMILES string of the molecule is O=C(CSc1nnc(-c2ccccc2)n1-c1ccc(Cl)cc1)Nc1cc(C(F)(F)F)cc(C(F)(F)F)c1. The van der Waals surface area contributed by atoms with Crippen molar-refractivity contribution in [3.63, 3.8) is 0 Å². The molecule has 13 heteroatoms. The van der Waals surface area contributed by atoms with Gasteiger partial charge in [-0.3, -0.25) is 9.36 Å². The summed E-state index contributed by atoms with van der Waals surface area (Å²) in [6.07, 6.45) is -10.1. The molecule has 1 amide bonds. The number of anilines is 1. The van der Waals surface area contributed by atoms with E-state index in [1.807, 2.05) is 18.2 Å². The van der Waals surface area contributed by atoms with Gasteiger partial charge in [0.1, 0.15) is 0 Å². The molecule has 0 aliphatic carbocycles. The fourth-order valence-corrected chi connectivity index (χ4v) is 4.19. The lowest BCUT2D eigenvalue weighted by Gasteiger charge is -2.15. The Morgan fingerprint density at radius 2 is 1.46 bits per heavy atom. The summed E-state index contributed by atoms with van der Waals surface area (Å²) in [7, 11) is 0. The lowest BCUT2D eigenvalue weighted by Crippen LogP contribution is -2.17. The number of rotatable bonds is 6. The van der Waals surface area contributed by atoms with Crippen LogP contribution in [-0.4, -0.2) is 26.4 Å². The van der Waals surface area contributed by atoms with E-state index in [1.54, 1.807) is 41.0 Å². The third-order valence-electron chi connectivity index (χ3n) is 4.95. The number of benzene rings is 3.